The first kappa shape index (κ1) is 12.4. The first-order valence-corrected chi connectivity index (χ1v) is 11.7. The molecule has 0 spiro atoms. The predicted molar refractivity (Wildman–Crippen MR) is 61.9 cm³/mol. The van der Waals surface area contributed by atoms with Gasteiger partial charge in [-0.1, -0.05) is 33.0 Å². The highest BCUT2D eigenvalue weighted by Crippen LogP contribution is 2.15. The quantitative estimate of drug-likeness (QED) is 0.623. The van der Waals surface area contributed by atoms with Crippen molar-refractivity contribution in [3.8, 4) is 0 Å². The van der Waals surface area contributed by atoms with Crippen LogP contribution in [-0.2, 0) is 4.43 Å². The van der Waals surface area contributed by atoms with E-state index >= 15 is 0 Å². The Morgan fingerprint density at radius 3 is 1.83 bits per heavy atom. The highest BCUT2D eigenvalue weighted by Gasteiger charge is 2.24. The zero-order chi connectivity index (χ0) is 9.83. The van der Waals surface area contributed by atoms with E-state index in [9.17, 15) is 0 Å². The van der Waals surface area contributed by atoms with Crippen LogP contribution in [0.1, 0.15) is 13.3 Å². The number of hydrogen-bond acceptors (Lipinski definition) is 1. The van der Waals surface area contributed by atoms with Crippen LogP contribution in [0.15, 0.2) is 0 Å². The summed E-state index contributed by atoms with van der Waals surface area (Å²) in [6, 6.07) is 1.30. The summed E-state index contributed by atoms with van der Waals surface area (Å²) < 4.78 is 6.03. The Kier molecular flexibility index (Phi) is 4.73. The molecule has 0 aliphatic heterocycles. The Balaban J connectivity index is 3.75. The molecule has 0 aliphatic carbocycles. The Hall–Kier alpha value is 0.394. The van der Waals surface area contributed by atoms with Crippen LogP contribution in [0.25, 0.3) is 0 Å². The van der Waals surface area contributed by atoms with E-state index in [0.717, 1.165) is 6.23 Å². The smallest absolute Gasteiger partial charge is 0.186 e. The second kappa shape index (κ2) is 4.58. The molecule has 0 aromatic heterocycles. The van der Waals surface area contributed by atoms with Crippen molar-refractivity contribution in [2.75, 3.05) is 6.23 Å². The lowest BCUT2D eigenvalue weighted by Crippen LogP contribution is -2.38. The van der Waals surface area contributed by atoms with E-state index in [1.807, 2.05) is 0 Å². The minimum atomic E-state index is -1.28. The van der Waals surface area contributed by atoms with E-state index in [-0.39, 0.29) is 0 Å². The molecule has 0 N–H and O–H groups in total. The van der Waals surface area contributed by atoms with Gasteiger partial charge in [-0.3, -0.25) is 0 Å². The largest absolute Gasteiger partial charge is 0.421 e. The topological polar surface area (TPSA) is 9.23 Å². The molecule has 0 heterocycles. The summed E-state index contributed by atoms with van der Waals surface area (Å²) in [6.07, 6.45) is 2.32. The molecule has 0 amide bonds. The van der Waals surface area contributed by atoms with Crippen LogP contribution in [0.2, 0.25) is 38.8 Å². The molecule has 0 radical (unpaired) electrons. The Morgan fingerprint density at radius 2 is 1.50 bits per heavy atom. The third-order valence-corrected chi connectivity index (χ3v) is 5.68. The first-order valence-electron chi connectivity index (χ1n) is 4.91. The minimum absolute atomic E-state index is 0.984. The summed E-state index contributed by atoms with van der Waals surface area (Å²) in [5.74, 6) is 0. The predicted octanol–water partition coefficient (Wildman–Crippen LogP) is 3.50. The second-order valence-electron chi connectivity index (χ2n) is 5.36. The van der Waals surface area contributed by atoms with Crippen molar-refractivity contribution in [2.24, 2.45) is 0 Å². The van der Waals surface area contributed by atoms with Crippen molar-refractivity contribution in [1.82, 2.24) is 0 Å². The highest BCUT2D eigenvalue weighted by atomic mass is 28.4. The van der Waals surface area contributed by atoms with Gasteiger partial charge >= 0.3 is 0 Å². The molecule has 0 fully saturated rings. The lowest BCUT2D eigenvalue weighted by atomic mass is 10.6. The van der Waals surface area contributed by atoms with Crippen LogP contribution >= 0.6 is 0 Å². The maximum absolute atomic E-state index is 6.03. The Morgan fingerprint density at radius 1 is 1.00 bits per heavy atom. The average Bonchev–Trinajstić information content (AvgIpc) is 1.83. The summed E-state index contributed by atoms with van der Waals surface area (Å²) >= 11 is 0. The van der Waals surface area contributed by atoms with Gasteiger partial charge in [0.15, 0.2) is 8.32 Å². The molecule has 0 aromatic rings. The van der Waals surface area contributed by atoms with Crippen LogP contribution in [0.5, 0.6) is 0 Å². The normalized spacial score (nSPS) is 13.5. The van der Waals surface area contributed by atoms with Gasteiger partial charge in [0.05, 0.1) is 8.07 Å². The van der Waals surface area contributed by atoms with Gasteiger partial charge in [0.2, 0.25) is 0 Å². The maximum atomic E-state index is 6.03. The van der Waals surface area contributed by atoms with Crippen molar-refractivity contribution >= 4 is 16.4 Å². The molecule has 0 saturated heterocycles. The third-order valence-electron chi connectivity index (χ3n) is 1.75. The lowest BCUT2D eigenvalue weighted by Gasteiger charge is -2.26. The van der Waals surface area contributed by atoms with Crippen molar-refractivity contribution in [3.05, 3.63) is 0 Å². The summed E-state index contributed by atoms with van der Waals surface area (Å²) in [5, 5.41) is 0. The molecular formula is C9H24OSi2. The molecule has 0 unspecified atom stereocenters. The average molecular weight is 204 g/mol. The fourth-order valence-corrected chi connectivity index (χ4v) is 5.73. The van der Waals surface area contributed by atoms with Gasteiger partial charge in [-0.05, 0) is 19.1 Å². The van der Waals surface area contributed by atoms with Gasteiger partial charge in [-0.2, -0.15) is 0 Å². The molecule has 1 nitrogen and oxygen atoms in total. The Labute approximate surface area is 79.7 Å². The number of rotatable bonds is 5. The van der Waals surface area contributed by atoms with Crippen molar-refractivity contribution in [2.45, 2.75) is 52.1 Å². The van der Waals surface area contributed by atoms with E-state index < -0.39 is 16.4 Å². The van der Waals surface area contributed by atoms with Crippen LogP contribution in [0, 0.1) is 0 Å². The zero-order valence-corrected chi connectivity index (χ0v) is 11.5. The molecule has 3 heteroatoms. The van der Waals surface area contributed by atoms with E-state index in [0.29, 0.717) is 0 Å². The van der Waals surface area contributed by atoms with Gasteiger partial charge in [0.25, 0.3) is 0 Å². The summed E-state index contributed by atoms with van der Waals surface area (Å²) in [5.41, 5.74) is 0. The van der Waals surface area contributed by atoms with Crippen molar-refractivity contribution < 1.29 is 4.43 Å². The van der Waals surface area contributed by atoms with Crippen LogP contribution in [0.3, 0.4) is 0 Å². The minimum Gasteiger partial charge on any atom is -0.421 e. The van der Waals surface area contributed by atoms with E-state index in [1.54, 1.807) is 0 Å². The molecule has 0 atom stereocenters. The molecule has 0 aliphatic rings. The van der Waals surface area contributed by atoms with Gasteiger partial charge in [-0.25, -0.2) is 0 Å². The molecular weight excluding hydrogens is 180 g/mol. The van der Waals surface area contributed by atoms with Gasteiger partial charge < -0.3 is 4.43 Å². The summed E-state index contributed by atoms with van der Waals surface area (Å²) in [7, 11) is -2.26. The zero-order valence-electron chi connectivity index (χ0n) is 9.53. The van der Waals surface area contributed by atoms with Crippen LogP contribution in [0.4, 0.5) is 0 Å². The molecule has 12 heavy (non-hydrogen) atoms. The second-order valence-corrected chi connectivity index (χ2v) is 15.1. The fraction of sp³-hybridized carbons (Fsp3) is 1.00. The van der Waals surface area contributed by atoms with Gasteiger partial charge in [0.1, 0.15) is 0 Å². The van der Waals surface area contributed by atoms with E-state index in [1.165, 1.54) is 12.5 Å². The Bertz CT molecular complexity index is 127. The van der Waals surface area contributed by atoms with Crippen LogP contribution in [-0.4, -0.2) is 22.6 Å². The first-order chi connectivity index (χ1) is 5.27. The van der Waals surface area contributed by atoms with E-state index in [2.05, 4.69) is 39.7 Å². The molecule has 74 valence electrons. The van der Waals surface area contributed by atoms with Crippen molar-refractivity contribution in [3.63, 3.8) is 0 Å². The fourth-order valence-electron chi connectivity index (χ4n) is 1.09. The third kappa shape index (κ3) is 7.07. The molecule has 0 rings (SSSR count). The molecule has 0 saturated carbocycles. The lowest BCUT2D eigenvalue weighted by molar-refractivity contribution is 0.366. The monoisotopic (exact) mass is 204 g/mol. The van der Waals surface area contributed by atoms with Crippen molar-refractivity contribution in [1.29, 1.82) is 0 Å². The molecule has 0 aromatic carbocycles. The maximum Gasteiger partial charge on any atom is 0.186 e. The molecule has 0 bridgehead atoms. The van der Waals surface area contributed by atoms with Crippen LogP contribution < -0.4 is 0 Å². The van der Waals surface area contributed by atoms with Gasteiger partial charge in [0, 0.05) is 6.23 Å². The SMILES string of the molecule is CCC[Si](C)(C)OC[Si](C)(C)C. The summed E-state index contributed by atoms with van der Waals surface area (Å²) in [4.78, 5) is 0. The number of hydrogen-bond donors (Lipinski definition) is 0. The van der Waals surface area contributed by atoms with Gasteiger partial charge in [-0.15, -0.1) is 0 Å². The van der Waals surface area contributed by atoms with E-state index in [4.69, 9.17) is 4.43 Å². The standard InChI is InChI=1S/C9H24OSi2/c1-7-8-12(5,6)10-9-11(2,3)4/h7-9H2,1-6H3. The summed E-state index contributed by atoms with van der Waals surface area (Å²) in [6.45, 7) is 14.0. The highest BCUT2D eigenvalue weighted by molar-refractivity contribution is 6.78.